The summed E-state index contributed by atoms with van der Waals surface area (Å²) in [6.45, 7) is 1.66. The van der Waals surface area contributed by atoms with E-state index in [1.165, 1.54) is 10.7 Å². The molecule has 2 aromatic carbocycles. The van der Waals surface area contributed by atoms with Crippen LogP contribution in [-0.4, -0.2) is 30.3 Å². The Balaban J connectivity index is 1.61. The van der Waals surface area contributed by atoms with Crippen LogP contribution in [0.15, 0.2) is 59.4 Å². The van der Waals surface area contributed by atoms with Crippen LogP contribution in [0.3, 0.4) is 0 Å². The predicted octanol–water partition coefficient (Wildman–Crippen LogP) is 2.64. The van der Waals surface area contributed by atoms with Gasteiger partial charge >= 0.3 is 0 Å². The summed E-state index contributed by atoms with van der Waals surface area (Å²) in [7, 11) is 3.42. The highest BCUT2D eigenvalue weighted by molar-refractivity contribution is 6.05. The minimum Gasteiger partial charge on any atom is -0.385 e. The van der Waals surface area contributed by atoms with Crippen molar-refractivity contribution in [3.05, 3.63) is 76.3 Å². The molecule has 0 spiro atoms. The minimum atomic E-state index is -0.686. The largest absolute Gasteiger partial charge is 0.385 e. The molecule has 4 aromatic rings. The van der Waals surface area contributed by atoms with Gasteiger partial charge in [0, 0.05) is 37.0 Å². The molecule has 2 heterocycles. The van der Waals surface area contributed by atoms with Crippen molar-refractivity contribution in [1.29, 1.82) is 0 Å². The lowest BCUT2D eigenvalue weighted by atomic mass is 10.1. The summed E-state index contributed by atoms with van der Waals surface area (Å²) in [6.07, 6.45) is -0.686. The van der Waals surface area contributed by atoms with Crippen LogP contribution in [0, 0.1) is 0 Å². The molecule has 2 aromatic heterocycles. The quantitative estimate of drug-likeness (QED) is 0.545. The molecule has 2 N–H and O–H groups in total. The number of nitrogens with zero attached hydrogens (tertiary/aromatic N) is 4. The van der Waals surface area contributed by atoms with E-state index in [0.717, 1.165) is 11.1 Å². The Morgan fingerprint density at radius 3 is 2.63 bits per heavy atom. The SMILES string of the molecule is CC(O)c1nc2cc(NC(=O)c3cccc(-c4ccc(=O)n(C)n4)c3)ccc2n1C. The van der Waals surface area contributed by atoms with Gasteiger partial charge in [-0.25, -0.2) is 9.67 Å². The molecule has 1 atom stereocenters. The number of aliphatic hydroxyl groups is 1. The third-order valence-corrected chi connectivity index (χ3v) is 4.93. The predicted molar refractivity (Wildman–Crippen MR) is 114 cm³/mol. The van der Waals surface area contributed by atoms with Crippen molar-refractivity contribution in [1.82, 2.24) is 19.3 Å². The van der Waals surface area contributed by atoms with Crippen LogP contribution < -0.4 is 10.9 Å². The molecule has 0 aliphatic heterocycles. The van der Waals surface area contributed by atoms with Gasteiger partial charge in [0.1, 0.15) is 11.9 Å². The standard InChI is InChI=1S/C22H21N5O3/c1-13(28)21-24-18-12-16(7-9-19(18)26(21)2)23-22(30)15-6-4-5-14(11-15)17-8-10-20(29)27(3)25-17/h4-13,28H,1-3H3,(H,23,30). The summed E-state index contributed by atoms with van der Waals surface area (Å²) in [5.74, 6) is 0.290. The number of benzene rings is 2. The molecular formula is C22H21N5O3. The summed E-state index contributed by atoms with van der Waals surface area (Å²) >= 11 is 0. The number of hydrogen-bond acceptors (Lipinski definition) is 5. The number of aliphatic hydroxyl groups excluding tert-OH is 1. The lowest BCUT2D eigenvalue weighted by molar-refractivity contribution is 0.102. The lowest BCUT2D eigenvalue weighted by Gasteiger charge is -2.08. The molecule has 0 bridgehead atoms. The molecule has 30 heavy (non-hydrogen) atoms. The average Bonchev–Trinajstić information content (AvgIpc) is 3.06. The van der Waals surface area contributed by atoms with Crippen LogP contribution in [0.4, 0.5) is 5.69 Å². The van der Waals surface area contributed by atoms with Crippen LogP contribution in [-0.2, 0) is 14.1 Å². The molecule has 8 heteroatoms. The van der Waals surface area contributed by atoms with Crippen LogP contribution in [0.1, 0.15) is 29.2 Å². The number of carbonyl (C=O) groups excluding carboxylic acids is 1. The molecule has 4 rings (SSSR count). The number of aryl methyl sites for hydroxylation is 2. The third-order valence-electron chi connectivity index (χ3n) is 4.93. The second kappa shape index (κ2) is 7.57. The average molecular weight is 403 g/mol. The van der Waals surface area contributed by atoms with E-state index in [4.69, 9.17) is 0 Å². The Kier molecular flexibility index (Phi) is 4.93. The highest BCUT2D eigenvalue weighted by Crippen LogP contribution is 2.23. The van der Waals surface area contributed by atoms with Crippen LogP contribution >= 0.6 is 0 Å². The molecule has 0 aliphatic rings. The van der Waals surface area contributed by atoms with E-state index in [-0.39, 0.29) is 11.5 Å². The maximum Gasteiger partial charge on any atom is 0.266 e. The van der Waals surface area contributed by atoms with Gasteiger partial charge in [-0.1, -0.05) is 12.1 Å². The lowest BCUT2D eigenvalue weighted by Crippen LogP contribution is -2.18. The van der Waals surface area contributed by atoms with E-state index in [0.29, 0.717) is 28.3 Å². The number of nitrogens with one attached hydrogen (secondary N) is 1. The fourth-order valence-electron chi connectivity index (χ4n) is 3.35. The second-order valence-corrected chi connectivity index (χ2v) is 7.12. The first kappa shape index (κ1) is 19.5. The van der Waals surface area contributed by atoms with E-state index in [1.54, 1.807) is 50.4 Å². The van der Waals surface area contributed by atoms with Crippen LogP contribution in [0.25, 0.3) is 22.3 Å². The number of aromatic nitrogens is 4. The Hall–Kier alpha value is -3.78. The molecule has 1 unspecified atom stereocenters. The monoisotopic (exact) mass is 403 g/mol. The van der Waals surface area contributed by atoms with Gasteiger partial charge in [-0.2, -0.15) is 5.10 Å². The normalized spacial score (nSPS) is 12.1. The summed E-state index contributed by atoms with van der Waals surface area (Å²) < 4.78 is 3.08. The van der Waals surface area contributed by atoms with Crippen molar-refractivity contribution >= 4 is 22.6 Å². The van der Waals surface area contributed by atoms with Gasteiger partial charge < -0.3 is 15.0 Å². The fourth-order valence-corrected chi connectivity index (χ4v) is 3.35. The first-order valence-corrected chi connectivity index (χ1v) is 9.44. The van der Waals surface area contributed by atoms with Crippen molar-refractivity contribution in [2.45, 2.75) is 13.0 Å². The number of rotatable bonds is 4. The molecule has 0 fully saturated rings. The molecule has 0 aliphatic carbocycles. The van der Waals surface area contributed by atoms with Gasteiger partial charge in [-0.3, -0.25) is 9.59 Å². The molecular weight excluding hydrogens is 382 g/mol. The van der Waals surface area contributed by atoms with Crippen molar-refractivity contribution in [3.63, 3.8) is 0 Å². The maximum atomic E-state index is 12.8. The summed E-state index contributed by atoms with van der Waals surface area (Å²) in [5, 5.41) is 17.0. The third kappa shape index (κ3) is 3.60. The van der Waals surface area contributed by atoms with E-state index >= 15 is 0 Å². The fraction of sp³-hybridized carbons (Fsp3) is 0.182. The Bertz CT molecular complexity index is 1320. The number of carbonyl (C=O) groups is 1. The Morgan fingerprint density at radius 2 is 1.90 bits per heavy atom. The van der Waals surface area contributed by atoms with Gasteiger partial charge in [-0.05, 0) is 43.3 Å². The summed E-state index contributed by atoms with van der Waals surface area (Å²) in [4.78, 5) is 28.8. The van der Waals surface area contributed by atoms with E-state index < -0.39 is 6.10 Å². The zero-order valence-corrected chi connectivity index (χ0v) is 16.8. The molecule has 0 radical (unpaired) electrons. The molecule has 0 saturated carbocycles. The van der Waals surface area contributed by atoms with Gasteiger partial charge in [-0.15, -0.1) is 0 Å². The van der Waals surface area contributed by atoms with Crippen molar-refractivity contribution in [3.8, 4) is 11.3 Å². The van der Waals surface area contributed by atoms with E-state index in [2.05, 4.69) is 15.4 Å². The Morgan fingerprint density at radius 1 is 1.10 bits per heavy atom. The smallest absolute Gasteiger partial charge is 0.266 e. The number of amides is 1. The van der Waals surface area contributed by atoms with Gasteiger partial charge in [0.15, 0.2) is 0 Å². The second-order valence-electron chi connectivity index (χ2n) is 7.12. The van der Waals surface area contributed by atoms with Gasteiger partial charge in [0.2, 0.25) is 0 Å². The zero-order valence-electron chi connectivity index (χ0n) is 16.8. The summed E-state index contributed by atoms with van der Waals surface area (Å²) in [6, 6.07) is 15.6. The molecule has 0 saturated heterocycles. The minimum absolute atomic E-state index is 0.198. The Labute approximate surface area is 172 Å². The van der Waals surface area contributed by atoms with Crippen molar-refractivity contribution < 1.29 is 9.90 Å². The maximum absolute atomic E-state index is 12.8. The van der Waals surface area contributed by atoms with Crippen molar-refractivity contribution in [2.75, 3.05) is 5.32 Å². The zero-order chi connectivity index (χ0) is 21.4. The van der Waals surface area contributed by atoms with E-state index in [1.807, 2.05) is 23.7 Å². The molecule has 1 amide bonds. The van der Waals surface area contributed by atoms with Crippen LogP contribution in [0.5, 0.6) is 0 Å². The van der Waals surface area contributed by atoms with Crippen molar-refractivity contribution in [2.24, 2.45) is 14.1 Å². The molecule has 152 valence electrons. The topological polar surface area (TPSA) is 102 Å². The number of hydrogen-bond donors (Lipinski definition) is 2. The van der Waals surface area contributed by atoms with Gasteiger partial charge in [0.25, 0.3) is 11.5 Å². The highest BCUT2D eigenvalue weighted by Gasteiger charge is 2.14. The first-order chi connectivity index (χ1) is 14.3. The first-order valence-electron chi connectivity index (χ1n) is 9.44. The van der Waals surface area contributed by atoms with Crippen LogP contribution in [0.2, 0.25) is 0 Å². The number of anilines is 1. The van der Waals surface area contributed by atoms with E-state index in [9.17, 15) is 14.7 Å². The van der Waals surface area contributed by atoms with Gasteiger partial charge in [0.05, 0.1) is 16.7 Å². The highest BCUT2D eigenvalue weighted by atomic mass is 16.3. The number of imidazole rings is 1. The summed E-state index contributed by atoms with van der Waals surface area (Å²) in [5.41, 5.74) is 3.77. The molecule has 8 nitrogen and oxygen atoms in total. The number of fused-ring (bicyclic) bond motifs is 1.